The molecule has 16 heavy (non-hydrogen) atoms. The highest BCUT2D eigenvalue weighted by Gasteiger charge is 2.26. The summed E-state index contributed by atoms with van der Waals surface area (Å²) < 4.78 is 0. The quantitative estimate of drug-likeness (QED) is 0.844. The number of rotatable bonds is 4. The maximum Gasteiger partial charge on any atom is 0.130 e. The summed E-state index contributed by atoms with van der Waals surface area (Å²) in [5.41, 5.74) is 1.36. The van der Waals surface area contributed by atoms with E-state index < -0.39 is 0 Å². The number of pyridine rings is 1. The van der Waals surface area contributed by atoms with Crippen LogP contribution in [-0.2, 0) is 0 Å². The van der Waals surface area contributed by atoms with Crippen LogP contribution in [0.1, 0.15) is 37.8 Å². The van der Waals surface area contributed by atoms with Crippen molar-refractivity contribution < 1.29 is 0 Å². The Morgan fingerprint density at radius 2 is 2.44 bits per heavy atom. The Kier molecular flexibility index (Phi) is 3.78. The summed E-state index contributed by atoms with van der Waals surface area (Å²) in [5, 5.41) is 3.20. The zero-order valence-corrected chi connectivity index (χ0v) is 10.2. The molecule has 0 unspecified atom stereocenters. The Hall–Kier alpha value is -1.09. The van der Waals surface area contributed by atoms with Gasteiger partial charge in [-0.1, -0.05) is 13.0 Å². The molecule has 0 amide bonds. The van der Waals surface area contributed by atoms with Crippen molar-refractivity contribution in [3.05, 3.63) is 23.9 Å². The summed E-state index contributed by atoms with van der Waals surface area (Å²) in [6.45, 7) is 4.68. The minimum Gasteiger partial charge on any atom is -0.373 e. The van der Waals surface area contributed by atoms with Crippen LogP contribution in [-0.4, -0.2) is 30.0 Å². The molecule has 1 aliphatic heterocycles. The fourth-order valence-electron chi connectivity index (χ4n) is 2.63. The molecule has 2 heterocycles. The molecule has 3 nitrogen and oxygen atoms in total. The van der Waals surface area contributed by atoms with Gasteiger partial charge in [-0.25, -0.2) is 4.98 Å². The normalized spacial score (nSPS) is 21.2. The van der Waals surface area contributed by atoms with Gasteiger partial charge in [-0.3, -0.25) is 4.90 Å². The minimum absolute atomic E-state index is 0.566. The number of hydrogen-bond donors (Lipinski definition) is 1. The highest BCUT2D eigenvalue weighted by Crippen LogP contribution is 2.34. The number of nitrogens with one attached hydrogen (secondary N) is 1. The fourth-order valence-corrected chi connectivity index (χ4v) is 2.63. The fraction of sp³-hybridized carbons (Fsp3) is 0.615. The molecular weight excluding hydrogens is 198 g/mol. The molecule has 1 atom stereocenters. The van der Waals surface area contributed by atoms with Crippen LogP contribution < -0.4 is 5.32 Å². The first kappa shape index (κ1) is 11.4. The first-order valence-electron chi connectivity index (χ1n) is 6.23. The third kappa shape index (κ3) is 2.19. The Labute approximate surface area is 97.9 Å². The van der Waals surface area contributed by atoms with Gasteiger partial charge in [-0.15, -0.1) is 0 Å². The van der Waals surface area contributed by atoms with Crippen LogP contribution in [0.2, 0.25) is 0 Å². The van der Waals surface area contributed by atoms with Crippen LogP contribution >= 0.6 is 0 Å². The Bertz CT molecular complexity index is 338. The second kappa shape index (κ2) is 5.30. The van der Waals surface area contributed by atoms with Crippen molar-refractivity contribution in [1.29, 1.82) is 0 Å². The largest absolute Gasteiger partial charge is 0.373 e. The summed E-state index contributed by atoms with van der Waals surface area (Å²) in [6.07, 6.45) is 5.66. The monoisotopic (exact) mass is 219 g/mol. The van der Waals surface area contributed by atoms with Gasteiger partial charge in [0.05, 0.1) is 0 Å². The number of likely N-dealkylation sites (tertiary alicyclic amines) is 1. The third-order valence-corrected chi connectivity index (χ3v) is 3.31. The van der Waals surface area contributed by atoms with E-state index in [0.717, 1.165) is 5.82 Å². The van der Waals surface area contributed by atoms with Crippen LogP contribution in [0.15, 0.2) is 18.3 Å². The van der Waals surface area contributed by atoms with Gasteiger partial charge in [0.15, 0.2) is 0 Å². The molecule has 1 saturated heterocycles. The lowest BCUT2D eigenvalue weighted by atomic mass is 10.1. The SMILES string of the molecule is CCCN1CCC[C@@H]1c1cccnc1NC. The van der Waals surface area contributed by atoms with E-state index in [1.165, 1.54) is 37.9 Å². The van der Waals surface area contributed by atoms with Gasteiger partial charge in [0.1, 0.15) is 5.82 Å². The van der Waals surface area contributed by atoms with Crippen molar-refractivity contribution in [2.75, 3.05) is 25.5 Å². The van der Waals surface area contributed by atoms with Crippen LogP contribution in [0, 0.1) is 0 Å². The summed E-state index contributed by atoms with van der Waals surface area (Å²) in [4.78, 5) is 6.98. The molecule has 88 valence electrons. The Balaban J connectivity index is 2.21. The number of nitrogens with zero attached hydrogens (tertiary/aromatic N) is 2. The van der Waals surface area contributed by atoms with E-state index in [1.54, 1.807) is 0 Å². The van der Waals surface area contributed by atoms with Crippen molar-refractivity contribution in [2.24, 2.45) is 0 Å². The standard InChI is InChI=1S/C13H21N3/c1-3-9-16-10-5-7-12(16)11-6-4-8-15-13(11)14-2/h4,6,8,12H,3,5,7,9-10H2,1-2H3,(H,14,15)/t12-/m1/s1. The van der Waals surface area contributed by atoms with E-state index in [4.69, 9.17) is 0 Å². The maximum absolute atomic E-state index is 4.40. The van der Waals surface area contributed by atoms with Gasteiger partial charge < -0.3 is 5.32 Å². The Morgan fingerprint density at radius 1 is 1.56 bits per heavy atom. The van der Waals surface area contributed by atoms with Crippen LogP contribution in [0.4, 0.5) is 5.82 Å². The molecule has 3 heteroatoms. The smallest absolute Gasteiger partial charge is 0.130 e. The predicted molar refractivity (Wildman–Crippen MR) is 67.6 cm³/mol. The minimum atomic E-state index is 0.566. The van der Waals surface area contributed by atoms with E-state index in [1.807, 2.05) is 19.3 Å². The summed E-state index contributed by atoms with van der Waals surface area (Å²) in [5.74, 6) is 1.04. The highest BCUT2D eigenvalue weighted by molar-refractivity contribution is 5.45. The van der Waals surface area contributed by atoms with E-state index >= 15 is 0 Å². The first-order chi connectivity index (χ1) is 7.86. The van der Waals surface area contributed by atoms with Crippen molar-refractivity contribution >= 4 is 5.82 Å². The number of anilines is 1. The molecule has 1 fully saturated rings. The first-order valence-corrected chi connectivity index (χ1v) is 6.23. The third-order valence-electron chi connectivity index (χ3n) is 3.31. The van der Waals surface area contributed by atoms with Crippen LogP contribution in [0.5, 0.6) is 0 Å². The molecule has 0 saturated carbocycles. The maximum atomic E-state index is 4.40. The van der Waals surface area contributed by atoms with E-state index in [9.17, 15) is 0 Å². The number of hydrogen-bond acceptors (Lipinski definition) is 3. The molecule has 0 aromatic carbocycles. The molecule has 0 spiro atoms. The molecule has 0 radical (unpaired) electrons. The molecule has 0 bridgehead atoms. The molecule has 1 aromatic heterocycles. The van der Waals surface area contributed by atoms with Crippen LogP contribution in [0.25, 0.3) is 0 Å². The van der Waals surface area contributed by atoms with Crippen molar-refractivity contribution in [1.82, 2.24) is 9.88 Å². The van der Waals surface area contributed by atoms with Gasteiger partial charge in [0.2, 0.25) is 0 Å². The lowest BCUT2D eigenvalue weighted by Crippen LogP contribution is -2.24. The van der Waals surface area contributed by atoms with Gasteiger partial charge >= 0.3 is 0 Å². The van der Waals surface area contributed by atoms with E-state index in [2.05, 4.69) is 28.2 Å². The average molecular weight is 219 g/mol. The lowest BCUT2D eigenvalue weighted by Gasteiger charge is -2.25. The molecule has 1 N–H and O–H groups in total. The average Bonchev–Trinajstić information content (AvgIpc) is 2.77. The van der Waals surface area contributed by atoms with Crippen molar-refractivity contribution in [3.8, 4) is 0 Å². The Morgan fingerprint density at radius 3 is 3.19 bits per heavy atom. The van der Waals surface area contributed by atoms with Crippen molar-refractivity contribution in [3.63, 3.8) is 0 Å². The lowest BCUT2D eigenvalue weighted by molar-refractivity contribution is 0.258. The second-order valence-corrected chi connectivity index (χ2v) is 4.39. The molecular formula is C13H21N3. The zero-order chi connectivity index (χ0) is 11.4. The van der Waals surface area contributed by atoms with Gasteiger partial charge in [-0.05, 0) is 38.4 Å². The molecule has 2 rings (SSSR count). The van der Waals surface area contributed by atoms with Gasteiger partial charge in [0.25, 0.3) is 0 Å². The number of aromatic nitrogens is 1. The van der Waals surface area contributed by atoms with Gasteiger partial charge in [0, 0.05) is 24.8 Å². The second-order valence-electron chi connectivity index (χ2n) is 4.39. The highest BCUT2D eigenvalue weighted by atomic mass is 15.2. The summed E-state index contributed by atoms with van der Waals surface area (Å²) >= 11 is 0. The summed E-state index contributed by atoms with van der Waals surface area (Å²) in [6, 6.07) is 4.81. The van der Waals surface area contributed by atoms with E-state index in [-0.39, 0.29) is 0 Å². The molecule has 1 aromatic rings. The predicted octanol–water partition coefficient (Wildman–Crippen LogP) is 2.67. The molecule has 0 aliphatic carbocycles. The van der Waals surface area contributed by atoms with Gasteiger partial charge in [-0.2, -0.15) is 0 Å². The van der Waals surface area contributed by atoms with Crippen LogP contribution in [0.3, 0.4) is 0 Å². The van der Waals surface area contributed by atoms with E-state index in [0.29, 0.717) is 6.04 Å². The summed E-state index contributed by atoms with van der Waals surface area (Å²) in [7, 11) is 1.95. The zero-order valence-electron chi connectivity index (χ0n) is 10.2. The molecule has 1 aliphatic rings. The van der Waals surface area contributed by atoms with Crippen molar-refractivity contribution in [2.45, 2.75) is 32.2 Å². The topological polar surface area (TPSA) is 28.2 Å².